The SMILES string of the molecule is COC(=O)c1cc2n(n1)CCN(Cc1ccc(-n3cncn3)cc1)C2. The number of esters is 1. The number of hydrogen-bond acceptors (Lipinski definition) is 6. The molecule has 0 aliphatic carbocycles. The van der Waals surface area contributed by atoms with Crippen molar-refractivity contribution in [3.05, 3.63) is 59.9 Å². The molecule has 1 aromatic carbocycles. The van der Waals surface area contributed by atoms with Crippen molar-refractivity contribution in [3.63, 3.8) is 0 Å². The van der Waals surface area contributed by atoms with Gasteiger partial charge in [0.15, 0.2) is 5.69 Å². The minimum absolute atomic E-state index is 0.372. The molecule has 0 bridgehead atoms. The van der Waals surface area contributed by atoms with Gasteiger partial charge in [-0.15, -0.1) is 0 Å². The number of ether oxygens (including phenoxy) is 1. The highest BCUT2D eigenvalue weighted by molar-refractivity contribution is 5.87. The Morgan fingerprint density at radius 3 is 2.80 bits per heavy atom. The van der Waals surface area contributed by atoms with Crippen molar-refractivity contribution in [2.45, 2.75) is 19.6 Å². The first-order valence-electron chi connectivity index (χ1n) is 8.04. The highest BCUT2D eigenvalue weighted by Crippen LogP contribution is 2.17. The molecule has 0 fully saturated rings. The maximum atomic E-state index is 11.6. The number of hydrogen-bond donors (Lipinski definition) is 0. The van der Waals surface area contributed by atoms with E-state index in [-0.39, 0.29) is 0 Å². The molecule has 1 aliphatic rings. The highest BCUT2D eigenvalue weighted by atomic mass is 16.5. The van der Waals surface area contributed by atoms with Gasteiger partial charge in [0.2, 0.25) is 0 Å². The predicted molar refractivity (Wildman–Crippen MR) is 89.0 cm³/mol. The highest BCUT2D eigenvalue weighted by Gasteiger charge is 2.21. The van der Waals surface area contributed by atoms with Crippen LogP contribution in [0.2, 0.25) is 0 Å². The fourth-order valence-electron chi connectivity index (χ4n) is 3.01. The van der Waals surface area contributed by atoms with E-state index in [2.05, 4.69) is 32.2 Å². The van der Waals surface area contributed by atoms with Crippen LogP contribution >= 0.6 is 0 Å². The van der Waals surface area contributed by atoms with Gasteiger partial charge < -0.3 is 4.74 Å². The normalized spacial score (nSPS) is 14.3. The third-order valence-electron chi connectivity index (χ3n) is 4.30. The van der Waals surface area contributed by atoms with Crippen molar-refractivity contribution >= 4 is 5.97 Å². The fourth-order valence-corrected chi connectivity index (χ4v) is 3.01. The Morgan fingerprint density at radius 2 is 2.08 bits per heavy atom. The number of rotatable bonds is 4. The van der Waals surface area contributed by atoms with Crippen LogP contribution in [0.15, 0.2) is 43.0 Å². The lowest BCUT2D eigenvalue weighted by Gasteiger charge is -2.27. The summed E-state index contributed by atoms with van der Waals surface area (Å²) in [4.78, 5) is 17.9. The van der Waals surface area contributed by atoms with Crippen molar-refractivity contribution in [2.24, 2.45) is 0 Å². The number of carbonyl (C=O) groups is 1. The van der Waals surface area contributed by atoms with Crippen molar-refractivity contribution in [3.8, 4) is 5.69 Å². The van der Waals surface area contributed by atoms with Gasteiger partial charge in [-0.1, -0.05) is 12.1 Å². The number of benzene rings is 1. The second kappa shape index (κ2) is 6.48. The molecule has 8 heteroatoms. The van der Waals surface area contributed by atoms with Gasteiger partial charge in [-0.3, -0.25) is 9.58 Å². The maximum Gasteiger partial charge on any atom is 0.358 e. The summed E-state index contributed by atoms with van der Waals surface area (Å²) in [7, 11) is 1.37. The summed E-state index contributed by atoms with van der Waals surface area (Å²) in [6, 6.07) is 10.1. The maximum absolute atomic E-state index is 11.6. The average molecular weight is 338 g/mol. The second-order valence-electron chi connectivity index (χ2n) is 5.95. The zero-order valence-corrected chi connectivity index (χ0v) is 13.9. The van der Waals surface area contributed by atoms with E-state index in [9.17, 15) is 4.79 Å². The van der Waals surface area contributed by atoms with Crippen LogP contribution in [0, 0.1) is 0 Å². The molecular weight excluding hydrogens is 320 g/mol. The van der Waals surface area contributed by atoms with E-state index in [1.807, 2.05) is 22.9 Å². The molecule has 0 amide bonds. The summed E-state index contributed by atoms with van der Waals surface area (Å²) in [5.74, 6) is -0.392. The second-order valence-corrected chi connectivity index (χ2v) is 5.95. The molecule has 1 aliphatic heterocycles. The Morgan fingerprint density at radius 1 is 1.24 bits per heavy atom. The van der Waals surface area contributed by atoms with Gasteiger partial charge in [-0.2, -0.15) is 10.2 Å². The van der Waals surface area contributed by atoms with Crippen molar-refractivity contribution in [2.75, 3.05) is 13.7 Å². The molecule has 4 rings (SSSR count). The van der Waals surface area contributed by atoms with Crippen LogP contribution in [0.5, 0.6) is 0 Å². The first-order valence-corrected chi connectivity index (χ1v) is 8.04. The molecule has 0 saturated carbocycles. The quantitative estimate of drug-likeness (QED) is 0.667. The molecule has 25 heavy (non-hydrogen) atoms. The largest absolute Gasteiger partial charge is 0.464 e. The molecule has 3 heterocycles. The Balaban J connectivity index is 1.44. The molecule has 0 atom stereocenters. The Kier molecular flexibility index (Phi) is 4.02. The standard InChI is InChI=1S/C17H18N6O2/c1-25-17(24)16-8-15-10-21(6-7-22(15)20-16)9-13-2-4-14(5-3-13)23-12-18-11-19-23/h2-5,8,11-12H,6-7,9-10H2,1H3. The van der Waals surface area contributed by atoms with Gasteiger partial charge in [0, 0.05) is 19.6 Å². The number of nitrogens with zero attached hydrogens (tertiary/aromatic N) is 6. The lowest BCUT2D eigenvalue weighted by atomic mass is 10.1. The minimum atomic E-state index is -0.392. The van der Waals surface area contributed by atoms with Crippen LogP contribution in [0.4, 0.5) is 0 Å². The number of aromatic nitrogens is 5. The third kappa shape index (κ3) is 3.16. The molecule has 3 aromatic rings. The molecule has 0 unspecified atom stereocenters. The molecule has 0 saturated heterocycles. The Labute approximate surface area is 144 Å². The van der Waals surface area contributed by atoms with Gasteiger partial charge in [0.1, 0.15) is 12.7 Å². The van der Waals surface area contributed by atoms with Crippen LogP contribution in [0.3, 0.4) is 0 Å². The van der Waals surface area contributed by atoms with E-state index in [0.29, 0.717) is 5.69 Å². The van der Waals surface area contributed by atoms with Gasteiger partial charge in [0.25, 0.3) is 0 Å². The Bertz CT molecular complexity index is 869. The van der Waals surface area contributed by atoms with Crippen LogP contribution < -0.4 is 0 Å². The molecule has 2 aromatic heterocycles. The molecule has 0 radical (unpaired) electrons. The van der Waals surface area contributed by atoms with E-state index in [1.54, 1.807) is 11.0 Å². The zero-order chi connectivity index (χ0) is 17.2. The van der Waals surface area contributed by atoms with Crippen molar-refractivity contribution in [1.29, 1.82) is 0 Å². The summed E-state index contributed by atoms with van der Waals surface area (Å²) < 4.78 is 8.36. The van der Waals surface area contributed by atoms with Gasteiger partial charge in [-0.05, 0) is 23.8 Å². The van der Waals surface area contributed by atoms with E-state index in [1.165, 1.54) is 19.0 Å². The summed E-state index contributed by atoms with van der Waals surface area (Å²) >= 11 is 0. The first-order chi connectivity index (χ1) is 12.2. The van der Waals surface area contributed by atoms with E-state index in [0.717, 1.165) is 37.6 Å². The topological polar surface area (TPSA) is 78.1 Å². The molecule has 0 N–H and O–H groups in total. The summed E-state index contributed by atoms with van der Waals surface area (Å²) in [6.07, 6.45) is 3.20. The third-order valence-corrected chi connectivity index (χ3v) is 4.30. The number of fused-ring (bicyclic) bond motifs is 1. The van der Waals surface area contributed by atoms with Gasteiger partial charge >= 0.3 is 5.97 Å². The van der Waals surface area contributed by atoms with Gasteiger partial charge in [0.05, 0.1) is 25.0 Å². The van der Waals surface area contributed by atoms with Crippen LogP contribution in [-0.2, 0) is 24.4 Å². The molecule has 0 spiro atoms. The summed E-state index contributed by atoms with van der Waals surface area (Å²) in [5.41, 5.74) is 3.62. The van der Waals surface area contributed by atoms with E-state index < -0.39 is 5.97 Å². The lowest BCUT2D eigenvalue weighted by Crippen LogP contribution is -2.33. The molecule has 8 nitrogen and oxygen atoms in total. The van der Waals surface area contributed by atoms with Crippen LogP contribution in [0.25, 0.3) is 5.69 Å². The number of carbonyl (C=O) groups excluding carboxylic acids is 1. The van der Waals surface area contributed by atoms with Gasteiger partial charge in [-0.25, -0.2) is 14.5 Å². The smallest absolute Gasteiger partial charge is 0.358 e. The van der Waals surface area contributed by atoms with Crippen molar-refractivity contribution < 1.29 is 9.53 Å². The first kappa shape index (κ1) is 15.5. The van der Waals surface area contributed by atoms with Crippen LogP contribution in [-0.4, -0.2) is 49.1 Å². The monoisotopic (exact) mass is 338 g/mol. The lowest BCUT2D eigenvalue weighted by molar-refractivity contribution is 0.0593. The van der Waals surface area contributed by atoms with E-state index >= 15 is 0 Å². The number of methoxy groups -OCH3 is 1. The summed E-state index contributed by atoms with van der Waals surface area (Å²) in [6.45, 7) is 3.26. The van der Waals surface area contributed by atoms with Crippen molar-refractivity contribution in [1.82, 2.24) is 29.4 Å². The molecular formula is C17H18N6O2. The Hall–Kier alpha value is -3.00. The average Bonchev–Trinajstić information content (AvgIpc) is 3.31. The predicted octanol–water partition coefficient (Wildman–Crippen LogP) is 1.27. The minimum Gasteiger partial charge on any atom is -0.464 e. The summed E-state index contributed by atoms with van der Waals surface area (Å²) in [5, 5.41) is 8.43. The fraction of sp³-hybridized carbons (Fsp3) is 0.294. The van der Waals surface area contributed by atoms with Crippen LogP contribution in [0.1, 0.15) is 21.7 Å². The zero-order valence-electron chi connectivity index (χ0n) is 13.9. The molecule has 128 valence electrons. The van der Waals surface area contributed by atoms with E-state index in [4.69, 9.17) is 4.74 Å².